The predicted molar refractivity (Wildman–Crippen MR) is 68.1 cm³/mol. The first-order valence-corrected chi connectivity index (χ1v) is 6.32. The number of nitrogens with zero attached hydrogens (tertiary/aromatic N) is 1. The molecule has 0 aliphatic heterocycles. The average molecular weight is 297 g/mol. The van der Waals surface area contributed by atoms with Gasteiger partial charge in [-0.1, -0.05) is 22.0 Å². The lowest BCUT2D eigenvalue weighted by Crippen LogP contribution is -2.27. The van der Waals surface area contributed by atoms with Gasteiger partial charge in [0.05, 0.1) is 24.8 Å². The SMILES string of the molecule is N#Cc1cccc(C(=O)NCCOCCBr)c1. The highest BCUT2D eigenvalue weighted by Crippen LogP contribution is 2.03. The van der Waals surface area contributed by atoms with Crippen LogP contribution >= 0.6 is 15.9 Å². The van der Waals surface area contributed by atoms with Gasteiger partial charge >= 0.3 is 0 Å². The average Bonchev–Trinajstić information content (AvgIpc) is 2.38. The first-order chi connectivity index (χ1) is 8.27. The highest BCUT2D eigenvalue weighted by Gasteiger charge is 2.04. The second-order valence-electron chi connectivity index (χ2n) is 3.25. The third-order valence-electron chi connectivity index (χ3n) is 2.01. The molecule has 0 atom stereocenters. The van der Waals surface area contributed by atoms with E-state index in [0.717, 1.165) is 5.33 Å². The molecule has 1 amide bonds. The number of hydrogen-bond donors (Lipinski definition) is 1. The van der Waals surface area contributed by atoms with Gasteiger partial charge in [0.2, 0.25) is 0 Å². The highest BCUT2D eigenvalue weighted by molar-refractivity contribution is 9.09. The van der Waals surface area contributed by atoms with Crippen molar-refractivity contribution in [1.82, 2.24) is 5.32 Å². The van der Waals surface area contributed by atoms with E-state index in [2.05, 4.69) is 21.2 Å². The first-order valence-electron chi connectivity index (χ1n) is 5.20. The van der Waals surface area contributed by atoms with E-state index in [0.29, 0.717) is 30.9 Å². The predicted octanol–water partition coefficient (Wildman–Crippen LogP) is 1.70. The van der Waals surface area contributed by atoms with Crippen LogP contribution in [0.3, 0.4) is 0 Å². The molecule has 4 nitrogen and oxygen atoms in total. The molecule has 0 aliphatic rings. The van der Waals surface area contributed by atoms with Gasteiger partial charge in [-0.25, -0.2) is 0 Å². The lowest BCUT2D eigenvalue weighted by atomic mass is 10.1. The zero-order chi connectivity index (χ0) is 12.5. The summed E-state index contributed by atoms with van der Waals surface area (Å²) in [6.07, 6.45) is 0. The van der Waals surface area contributed by atoms with Crippen LogP contribution in [0, 0.1) is 11.3 Å². The van der Waals surface area contributed by atoms with E-state index >= 15 is 0 Å². The normalized spacial score (nSPS) is 9.65. The second kappa shape index (κ2) is 7.82. The largest absolute Gasteiger partial charge is 0.379 e. The fourth-order valence-electron chi connectivity index (χ4n) is 1.23. The Morgan fingerprint density at radius 3 is 3.00 bits per heavy atom. The molecule has 0 fully saturated rings. The van der Waals surface area contributed by atoms with Gasteiger partial charge in [-0.05, 0) is 18.2 Å². The topological polar surface area (TPSA) is 62.1 Å². The number of nitrogens with one attached hydrogen (secondary N) is 1. The molecule has 1 rings (SSSR count). The number of rotatable bonds is 6. The third kappa shape index (κ3) is 4.98. The quantitative estimate of drug-likeness (QED) is 0.642. The summed E-state index contributed by atoms with van der Waals surface area (Å²) in [6, 6.07) is 8.59. The minimum Gasteiger partial charge on any atom is -0.379 e. The molecule has 0 spiro atoms. The molecule has 0 radical (unpaired) electrons. The number of nitriles is 1. The van der Waals surface area contributed by atoms with Crippen LogP contribution in [0.5, 0.6) is 0 Å². The van der Waals surface area contributed by atoms with Crippen LogP contribution < -0.4 is 5.32 Å². The maximum atomic E-state index is 11.7. The standard InChI is InChI=1S/C12H13BrN2O2/c13-4-6-17-7-5-15-12(16)11-3-1-2-10(8-11)9-14/h1-3,8H,4-7H2,(H,15,16). The summed E-state index contributed by atoms with van der Waals surface area (Å²) in [5.74, 6) is -0.190. The molecular formula is C12H13BrN2O2. The number of benzene rings is 1. The van der Waals surface area contributed by atoms with Crippen LogP contribution in [0.2, 0.25) is 0 Å². The Kier molecular flexibility index (Phi) is 6.30. The van der Waals surface area contributed by atoms with Crippen molar-refractivity contribution in [3.63, 3.8) is 0 Å². The fraction of sp³-hybridized carbons (Fsp3) is 0.333. The van der Waals surface area contributed by atoms with Crippen molar-refractivity contribution in [2.75, 3.05) is 25.1 Å². The summed E-state index contributed by atoms with van der Waals surface area (Å²) in [5.41, 5.74) is 0.970. The number of halogens is 1. The summed E-state index contributed by atoms with van der Waals surface area (Å²) in [6.45, 7) is 1.57. The molecule has 5 heteroatoms. The van der Waals surface area contributed by atoms with Gasteiger partial charge in [0.25, 0.3) is 5.91 Å². The number of hydrogen-bond acceptors (Lipinski definition) is 3. The van der Waals surface area contributed by atoms with Crippen molar-refractivity contribution in [2.24, 2.45) is 0 Å². The van der Waals surface area contributed by atoms with Gasteiger partial charge in [0, 0.05) is 17.4 Å². The minimum atomic E-state index is -0.190. The Balaban J connectivity index is 2.39. The maximum Gasteiger partial charge on any atom is 0.251 e. The maximum absolute atomic E-state index is 11.7. The third-order valence-corrected chi connectivity index (χ3v) is 2.33. The first kappa shape index (κ1) is 13.7. The molecule has 90 valence electrons. The van der Waals surface area contributed by atoms with Crippen molar-refractivity contribution in [1.29, 1.82) is 5.26 Å². The van der Waals surface area contributed by atoms with Crippen LogP contribution in [0.15, 0.2) is 24.3 Å². The summed E-state index contributed by atoms with van der Waals surface area (Å²) in [5, 5.41) is 12.2. The molecular weight excluding hydrogens is 284 g/mol. The fourth-order valence-corrected chi connectivity index (χ4v) is 1.45. The van der Waals surface area contributed by atoms with Crippen LogP contribution in [-0.4, -0.2) is 31.0 Å². The van der Waals surface area contributed by atoms with Crippen molar-refractivity contribution in [3.05, 3.63) is 35.4 Å². The molecule has 17 heavy (non-hydrogen) atoms. The molecule has 0 aromatic heterocycles. The van der Waals surface area contributed by atoms with Gasteiger partial charge in [0.15, 0.2) is 0 Å². The number of amides is 1. The van der Waals surface area contributed by atoms with Crippen molar-refractivity contribution < 1.29 is 9.53 Å². The summed E-state index contributed by atoms with van der Waals surface area (Å²) < 4.78 is 5.20. The smallest absolute Gasteiger partial charge is 0.251 e. The molecule has 0 saturated carbocycles. The van der Waals surface area contributed by atoms with Crippen LogP contribution in [0.1, 0.15) is 15.9 Å². The van der Waals surface area contributed by atoms with Gasteiger partial charge in [-0.3, -0.25) is 4.79 Å². The molecule has 0 bridgehead atoms. The lowest BCUT2D eigenvalue weighted by Gasteiger charge is -2.05. The lowest BCUT2D eigenvalue weighted by molar-refractivity contribution is 0.0924. The van der Waals surface area contributed by atoms with E-state index in [1.807, 2.05) is 6.07 Å². The van der Waals surface area contributed by atoms with Gasteiger partial charge in [-0.15, -0.1) is 0 Å². The molecule has 1 aromatic carbocycles. The van der Waals surface area contributed by atoms with Crippen LogP contribution in [-0.2, 0) is 4.74 Å². The minimum absolute atomic E-state index is 0.190. The van der Waals surface area contributed by atoms with E-state index < -0.39 is 0 Å². The van der Waals surface area contributed by atoms with Gasteiger partial charge in [0.1, 0.15) is 0 Å². The molecule has 0 aliphatic carbocycles. The number of carbonyl (C=O) groups is 1. The molecule has 0 heterocycles. The Hall–Kier alpha value is -1.38. The molecule has 0 saturated heterocycles. The Labute approximate surface area is 109 Å². The van der Waals surface area contributed by atoms with Crippen LogP contribution in [0.25, 0.3) is 0 Å². The zero-order valence-electron chi connectivity index (χ0n) is 9.28. The van der Waals surface area contributed by atoms with E-state index in [-0.39, 0.29) is 5.91 Å². The van der Waals surface area contributed by atoms with E-state index in [9.17, 15) is 4.79 Å². The monoisotopic (exact) mass is 296 g/mol. The Morgan fingerprint density at radius 1 is 1.47 bits per heavy atom. The van der Waals surface area contributed by atoms with Crippen molar-refractivity contribution in [3.8, 4) is 6.07 Å². The highest BCUT2D eigenvalue weighted by atomic mass is 79.9. The zero-order valence-corrected chi connectivity index (χ0v) is 10.9. The molecule has 0 unspecified atom stereocenters. The Bertz CT molecular complexity index is 415. The van der Waals surface area contributed by atoms with Crippen molar-refractivity contribution in [2.45, 2.75) is 0 Å². The second-order valence-corrected chi connectivity index (χ2v) is 4.04. The number of alkyl halides is 1. The summed E-state index contributed by atoms with van der Waals surface area (Å²) in [4.78, 5) is 11.7. The van der Waals surface area contributed by atoms with Gasteiger partial charge < -0.3 is 10.1 Å². The van der Waals surface area contributed by atoms with Gasteiger partial charge in [-0.2, -0.15) is 5.26 Å². The van der Waals surface area contributed by atoms with Crippen molar-refractivity contribution >= 4 is 21.8 Å². The van der Waals surface area contributed by atoms with E-state index in [1.54, 1.807) is 24.3 Å². The van der Waals surface area contributed by atoms with E-state index in [1.165, 1.54) is 0 Å². The Morgan fingerprint density at radius 2 is 2.29 bits per heavy atom. The number of ether oxygens (including phenoxy) is 1. The summed E-state index contributed by atoms with van der Waals surface area (Å²) in [7, 11) is 0. The number of carbonyl (C=O) groups excluding carboxylic acids is 1. The summed E-state index contributed by atoms with van der Waals surface area (Å²) >= 11 is 3.24. The van der Waals surface area contributed by atoms with E-state index in [4.69, 9.17) is 10.00 Å². The molecule has 1 aromatic rings. The van der Waals surface area contributed by atoms with Crippen LogP contribution in [0.4, 0.5) is 0 Å². The molecule has 1 N–H and O–H groups in total.